The first-order valence-electron chi connectivity index (χ1n) is 11.2. The lowest BCUT2D eigenvalue weighted by Crippen LogP contribution is -2.35. The van der Waals surface area contributed by atoms with Gasteiger partial charge in [0.15, 0.2) is 11.5 Å². The van der Waals surface area contributed by atoms with Crippen molar-refractivity contribution in [2.75, 3.05) is 13.1 Å². The van der Waals surface area contributed by atoms with E-state index in [4.69, 9.17) is 5.10 Å². The topological polar surface area (TPSA) is 80.5 Å². The Morgan fingerprint density at radius 2 is 1.72 bits per heavy atom. The molecule has 3 heterocycles. The summed E-state index contributed by atoms with van der Waals surface area (Å²) >= 11 is 0. The summed E-state index contributed by atoms with van der Waals surface area (Å²) in [6.07, 6.45) is 4.62. The molecule has 1 aliphatic rings. The molecule has 0 spiro atoms. The predicted octanol–water partition coefficient (Wildman–Crippen LogP) is 4.38. The molecular weight excluding hydrogens is 422 g/mol. The van der Waals surface area contributed by atoms with Crippen LogP contribution in [0.25, 0.3) is 27.7 Å². The summed E-state index contributed by atoms with van der Waals surface area (Å²) in [7, 11) is -3.55. The zero-order valence-corrected chi connectivity index (χ0v) is 19.3. The van der Waals surface area contributed by atoms with Gasteiger partial charge >= 0.3 is 0 Å². The maximum Gasteiger partial charge on any atom is 0.243 e. The van der Waals surface area contributed by atoms with Crippen LogP contribution >= 0.6 is 0 Å². The molecule has 0 N–H and O–H groups in total. The monoisotopic (exact) mass is 449 g/mol. The summed E-state index contributed by atoms with van der Waals surface area (Å²) in [6.45, 7) is 5.12. The Kier molecular flexibility index (Phi) is 5.43. The van der Waals surface area contributed by atoms with E-state index in [1.807, 2.05) is 43.3 Å². The standard InChI is InChI=1S/C24H27N5O2S/c1-3-9-22-25-26-24-20-11-6-5-10-19(20)23(27-29(22)24)18-13-12-17(2)21(16-18)32(30,31)28-14-7-4-8-15-28/h5-6,10-13,16H,3-4,7-9,14-15H2,1-2H3. The molecule has 0 saturated carbocycles. The molecule has 4 aromatic rings. The summed E-state index contributed by atoms with van der Waals surface area (Å²) < 4.78 is 30.3. The third-order valence-electron chi connectivity index (χ3n) is 6.20. The molecule has 1 fully saturated rings. The first-order valence-corrected chi connectivity index (χ1v) is 12.7. The van der Waals surface area contributed by atoms with Crippen molar-refractivity contribution >= 4 is 26.4 Å². The van der Waals surface area contributed by atoms with Crippen molar-refractivity contribution in [3.8, 4) is 11.3 Å². The van der Waals surface area contributed by atoms with Crippen LogP contribution in [0.1, 0.15) is 44.0 Å². The van der Waals surface area contributed by atoms with Gasteiger partial charge in [0.05, 0.1) is 10.6 Å². The fourth-order valence-electron chi connectivity index (χ4n) is 4.49. The molecule has 0 unspecified atom stereocenters. The van der Waals surface area contributed by atoms with Crippen molar-refractivity contribution in [2.45, 2.75) is 50.8 Å². The largest absolute Gasteiger partial charge is 0.243 e. The Hall–Kier alpha value is -2.84. The fraction of sp³-hybridized carbons (Fsp3) is 0.375. The highest BCUT2D eigenvalue weighted by atomic mass is 32.2. The van der Waals surface area contributed by atoms with Crippen LogP contribution in [0, 0.1) is 6.92 Å². The highest BCUT2D eigenvalue weighted by Crippen LogP contribution is 2.32. The van der Waals surface area contributed by atoms with Gasteiger partial charge in [-0.3, -0.25) is 0 Å². The minimum atomic E-state index is -3.55. The van der Waals surface area contributed by atoms with Crippen LogP contribution in [-0.2, 0) is 16.4 Å². The number of rotatable bonds is 5. The number of fused-ring (bicyclic) bond motifs is 3. The van der Waals surface area contributed by atoms with E-state index in [0.717, 1.165) is 71.2 Å². The SMILES string of the molecule is CCCc1nnc2c3ccccc3c(-c3ccc(C)c(S(=O)(=O)N4CCCCC4)c3)nn12. The van der Waals surface area contributed by atoms with Gasteiger partial charge in [0, 0.05) is 35.8 Å². The number of hydrogen-bond donors (Lipinski definition) is 0. The van der Waals surface area contributed by atoms with Crippen molar-refractivity contribution in [1.29, 1.82) is 0 Å². The summed E-state index contributed by atoms with van der Waals surface area (Å²) in [6, 6.07) is 13.6. The highest BCUT2D eigenvalue weighted by molar-refractivity contribution is 7.89. The zero-order chi connectivity index (χ0) is 22.3. The number of nitrogens with zero attached hydrogens (tertiary/aromatic N) is 5. The average Bonchev–Trinajstić information content (AvgIpc) is 3.22. The van der Waals surface area contributed by atoms with Crippen LogP contribution < -0.4 is 0 Å². The Labute approximate surface area is 188 Å². The van der Waals surface area contributed by atoms with Gasteiger partial charge in [0.2, 0.25) is 10.0 Å². The second-order valence-electron chi connectivity index (χ2n) is 8.44. The minimum Gasteiger partial charge on any atom is -0.207 e. The van der Waals surface area contributed by atoms with Gasteiger partial charge in [-0.15, -0.1) is 10.2 Å². The molecule has 2 aromatic heterocycles. The first-order chi connectivity index (χ1) is 15.5. The second-order valence-corrected chi connectivity index (χ2v) is 10.3. The number of hydrogen-bond acceptors (Lipinski definition) is 5. The molecule has 1 aliphatic heterocycles. The van der Waals surface area contributed by atoms with Gasteiger partial charge in [-0.05, 0) is 37.8 Å². The van der Waals surface area contributed by atoms with E-state index in [0.29, 0.717) is 18.0 Å². The smallest absolute Gasteiger partial charge is 0.207 e. The normalized spacial score (nSPS) is 15.6. The predicted molar refractivity (Wildman–Crippen MR) is 125 cm³/mol. The van der Waals surface area contributed by atoms with Gasteiger partial charge in [-0.1, -0.05) is 49.7 Å². The Morgan fingerprint density at radius 3 is 2.47 bits per heavy atom. The van der Waals surface area contributed by atoms with Gasteiger partial charge in [0.25, 0.3) is 0 Å². The van der Waals surface area contributed by atoms with Crippen LogP contribution in [0.4, 0.5) is 0 Å². The van der Waals surface area contributed by atoms with E-state index in [1.165, 1.54) is 0 Å². The molecule has 32 heavy (non-hydrogen) atoms. The van der Waals surface area contributed by atoms with Gasteiger partial charge in [0.1, 0.15) is 0 Å². The van der Waals surface area contributed by atoms with Crippen LogP contribution in [0.2, 0.25) is 0 Å². The number of benzene rings is 2. The Bertz CT molecular complexity index is 1400. The Balaban J connectivity index is 1.72. The average molecular weight is 450 g/mol. The van der Waals surface area contributed by atoms with E-state index < -0.39 is 10.0 Å². The van der Waals surface area contributed by atoms with Crippen molar-refractivity contribution in [3.63, 3.8) is 0 Å². The van der Waals surface area contributed by atoms with Gasteiger partial charge < -0.3 is 0 Å². The number of piperidine rings is 1. The first kappa shape index (κ1) is 21.0. The van der Waals surface area contributed by atoms with Crippen LogP contribution in [0.5, 0.6) is 0 Å². The second kappa shape index (κ2) is 8.26. The highest BCUT2D eigenvalue weighted by Gasteiger charge is 2.28. The number of aryl methyl sites for hydroxylation is 2. The summed E-state index contributed by atoms with van der Waals surface area (Å²) in [4.78, 5) is 0.361. The quantitative estimate of drug-likeness (QED) is 0.452. The molecule has 8 heteroatoms. The van der Waals surface area contributed by atoms with E-state index in [2.05, 4.69) is 17.1 Å². The van der Waals surface area contributed by atoms with Crippen molar-refractivity contribution in [1.82, 2.24) is 24.1 Å². The number of sulfonamides is 1. The van der Waals surface area contributed by atoms with Gasteiger partial charge in [-0.2, -0.15) is 13.9 Å². The minimum absolute atomic E-state index is 0.361. The molecular formula is C24H27N5O2S. The molecule has 7 nitrogen and oxygen atoms in total. The molecule has 0 radical (unpaired) electrons. The lowest BCUT2D eigenvalue weighted by Gasteiger charge is -2.26. The maximum atomic E-state index is 13.4. The summed E-state index contributed by atoms with van der Waals surface area (Å²) in [5.41, 5.74) is 2.99. The molecule has 1 saturated heterocycles. The third kappa shape index (κ3) is 3.47. The molecule has 0 bridgehead atoms. The van der Waals surface area contributed by atoms with E-state index in [9.17, 15) is 8.42 Å². The maximum absolute atomic E-state index is 13.4. The summed E-state index contributed by atoms with van der Waals surface area (Å²) in [5, 5.41) is 15.5. The molecule has 2 aromatic carbocycles. The van der Waals surface area contributed by atoms with E-state index in [1.54, 1.807) is 14.9 Å². The van der Waals surface area contributed by atoms with E-state index >= 15 is 0 Å². The van der Waals surface area contributed by atoms with Crippen molar-refractivity contribution < 1.29 is 8.42 Å². The van der Waals surface area contributed by atoms with Crippen LogP contribution in [-0.4, -0.2) is 45.6 Å². The van der Waals surface area contributed by atoms with Crippen LogP contribution in [0.15, 0.2) is 47.4 Å². The van der Waals surface area contributed by atoms with Crippen LogP contribution in [0.3, 0.4) is 0 Å². The molecule has 0 amide bonds. The Morgan fingerprint density at radius 1 is 0.969 bits per heavy atom. The summed E-state index contributed by atoms with van der Waals surface area (Å²) in [5.74, 6) is 0.808. The molecule has 0 atom stereocenters. The van der Waals surface area contributed by atoms with E-state index in [-0.39, 0.29) is 0 Å². The molecule has 166 valence electrons. The lowest BCUT2D eigenvalue weighted by molar-refractivity contribution is 0.346. The lowest BCUT2D eigenvalue weighted by atomic mass is 10.0. The molecule has 5 rings (SSSR count). The van der Waals surface area contributed by atoms with Gasteiger partial charge in [-0.25, -0.2) is 8.42 Å². The zero-order valence-electron chi connectivity index (χ0n) is 18.5. The fourth-order valence-corrected chi connectivity index (χ4v) is 6.25. The number of aromatic nitrogens is 4. The van der Waals surface area contributed by atoms with Crippen molar-refractivity contribution in [3.05, 3.63) is 53.9 Å². The van der Waals surface area contributed by atoms with Crippen molar-refractivity contribution in [2.24, 2.45) is 0 Å². The molecule has 0 aliphatic carbocycles. The third-order valence-corrected chi connectivity index (χ3v) is 8.24.